The van der Waals surface area contributed by atoms with Crippen LogP contribution in [0.25, 0.3) is 0 Å². The second-order valence-corrected chi connectivity index (χ2v) is 3.52. The fourth-order valence-corrected chi connectivity index (χ4v) is 1.36. The minimum atomic E-state index is -0.0778. The molecule has 2 N–H and O–H groups in total. The van der Waals surface area contributed by atoms with Crippen molar-refractivity contribution in [2.75, 3.05) is 13.1 Å². The summed E-state index contributed by atoms with van der Waals surface area (Å²) in [7, 11) is 0. The van der Waals surface area contributed by atoms with Gasteiger partial charge in [-0.25, -0.2) is 0 Å². The van der Waals surface area contributed by atoms with E-state index in [1.165, 1.54) is 0 Å². The molecule has 1 aliphatic rings. The van der Waals surface area contributed by atoms with Gasteiger partial charge in [0.15, 0.2) is 0 Å². The van der Waals surface area contributed by atoms with Gasteiger partial charge in [0, 0.05) is 18.7 Å². The molecule has 1 amide bonds. The van der Waals surface area contributed by atoms with Gasteiger partial charge in [0.1, 0.15) is 0 Å². The Morgan fingerprint density at radius 1 is 1.40 bits per heavy atom. The number of nitrogens with one attached hydrogen (secondary N) is 2. The Hall–Kier alpha value is -1.86. The normalized spacial score (nSPS) is 15.1. The third kappa shape index (κ3) is 2.14. The van der Waals surface area contributed by atoms with Gasteiger partial charge >= 0.3 is 0 Å². The lowest BCUT2D eigenvalue weighted by molar-refractivity contribution is 0.0924. The molecule has 0 bridgehead atoms. The smallest absolute Gasteiger partial charge is 0.251 e. The Kier molecular flexibility index (Phi) is 2.66. The predicted molar refractivity (Wildman–Crippen MR) is 55.3 cm³/mol. The largest absolute Gasteiger partial charge is 0.347 e. The molecule has 4 heteroatoms. The van der Waals surface area contributed by atoms with Crippen LogP contribution in [0.4, 0.5) is 0 Å². The first-order chi connectivity index (χ1) is 7.29. The van der Waals surface area contributed by atoms with Crippen molar-refractivity contribution in [3.05, 3.63) is 35.4 Å². The van der Waals surface area contributed by atoms with Crippen LogP contribution in [0.1, 0.15) is 15.9 Å². The number of hydrogen-bond donors (Lipinski definition) is 2. The van der Waals surface area contributed by atoms with E-state index in [1.54, 1.807) is 24.3 Å². The van der Waals surface area contributed by atoms with Gasteiger partial charge in [0.2, 0.25) is 0 Å². The van der Waals surface area contributed by atoms with Crippen LogP contribution in [-0.4, -0.2) is 25.0 Å². The molecule has 0 radical (unpaired) electrons. The van der Waals surface area contributed by atoms with E-state index < -0.39 is 0 Å². The summed E-state index contributed by atoms with van der Waals surface area (Å²) in [5, 5.41) is 14.6. The van der Waals surface area contributed by atoms with Crippen LogP contribution < -0.4 is 10.6 Å². The highest BCUT2D eigenvalue weighted by molar-refractivity contribution is 5.94. The van der Waals surface area contributed by atoms with Crippen molar-refractivity contribution >= 4 is 5.91 Å². The summed E-state index contributed by atoms with van der Waals surface area (Å²) in [4.78, 5) is 11.6. The van der Waals surface area contributed by atoms with Gasteiger partial charge in [-0.2, -0.15) is 5.26 Å². The van der Waals surface area contributed by atoms with E-state index in [2.05, 4.69) is 10.6 Å². The SMILES string of the molecule is N#Cc1ccc(C(=O)NC2CNC2)cc1. The fraction of sp³-hybridized carbons (Fsp3) is 0.273. The van der Waals surface area contributed by atoms with E-state index in [0.29, 0.717) is 11.1 Å². The van der Waals surface area contributed by atoms with Crippen molar-refractivity contribution in [1.82, 2.24) is 10.6 Å². The first-order valence-electron chi connectivity index (χ1n) is 4.81. The molecule has 1 saturated heterocycles. The zero-order chi connectivity index (χ0) is 10.7. The van der Waals surface area contributed by atoms with Gasteiger partial charge in [-0.05, 0) is 24.3 Å². The molecule has 1 aromatic carbocycles. The van der Waals surface area contributed by atoms with E-state index in [4.69, 9.17) is 5.26 Å². The Morgan fingerprint density at radius 3 is 2.53 bits per heavy atom. The second-order valence-electron chi connectivity index (χ2n) is 3.52. The summed E-state index contributed by atoms with van der Waals surface area (Å²) in [6.07, 6.45) is 0. The molecule has 15 heavy (non-hydrogen) atoms. The third-order valence-electron chi connectivity index (χ3n) is 2.39. The monoisotopic (exact) mass is 201 g/mol. The molecule has 0 atom stereocenters. The summed E-state index contributed by atoms with van der Waals surface area (Å²) < 4.78 is 0. The van der Waals surface area contributed by atoms with Crippen LogP contribution in [-0.2, 0) is 0 Å². The molecule has 0 aliphatic carbocycles. The van der Waals surface area contributed by atoms with Crippen LogP contribution in [0.5, 0.6) is 0 Å². The quantitative estimate of drug-likeness (QED) is 0.721. The minimum absolute atomic E-state index is 0.0778. The molecule has 1 aromatic rings. The fourth-order valence-electron chi connectivity index (χ4n) is 1.36. The van der Waals surface area contributed by atoms with Gasteiger partial charge in [0.05, 0.1) is 17.7 Å². The highest BCUT2D eigenvalue weighted by atomic mass is 16.1. The van der Waals surface area contributed by atoms with Gasteiger partial charge in [-0.1, -0.05) is 0 Å². The number of hydrogen-bond acceptors (Lipinski definition) is 3. The lowest BCUT2D eigenvalue weighted by Crippen LogP contribution is -2.56. The summed E-state index contributed by atoms with van der Waals surface area (Å²) in [6.45, 7) is 1.67. The van der Waals surface area contributed by atoms with E-state index in [9.17, 15) is 4.79 Å². The molecule has 1 fully saturated rings. The van der Waals surface area contributed by atoms with E-state index in [-0.39, 0.29) is 11.9 Å². The Balaban J connectivity index is 2.02. The van der Waals surface area contributed by atoms with Crippen molar-refractivity contribution in [3.63, 3.8) is 0 Å². The number of benzene rings is 1. The standard InChI is InChI=1S/C11H11N3O/c12-5-8-1-3-9(4-2-8)11(15)14-10-6-13-7-10/h1-4,10,13H,6-7H2,(H,14,15). The van der Waals surface area contributed by atoms with Crippen molar-refractivity contribution < 1.29 is 4.79 Å². The average molecular weight is 201 g/mol. The highest BCUT2D eigenvalue weighted by Crippen LogP contribution is 2.04. The summed E-state index contributed by atoms with van der Waals surface area (Å²) in [5.41, 5.74) is 1.16. The lowest BCUT2D eigenvalue weighted by atomic mass is 10.1. The van der Waals surface area contributed by atoms with Gasteiger partial charge < -0.3 is 10.6 Å². The maximum atomic E-state index is 11.6. The Labute approximate surface area is 87.9 Å². The minimum Gasteiger partial charge on any atom is -0.347 e. The number of rotatable bonds is 2. The van der Waals surface area contributed by atoms with Crippen molar-refractivity contribution in [1.29, 1.82) is 5.26 Å². The van der Waals surface area contributed by atoms with Crippen LogP contribution >= 0.6 is 0 Å². The van der Waals surface area contributed by atoms with Crippen LogP contribution in [0.15, 0.2) is 24.3 Å². The van der Waals surface area contributed by atoms with Crippen molar-refractivity contribution in [3.8, 4) is 6.07 Å². The molecule has 0 aromatic heterocycles. The zero-order valence-electron chi connectivity index (χ0n) is 8.16. The third-order valence-corrected chi connectivity index (χ3v) is 2.39. The molecule has 1 aliphatic heterocycles. The van der Waals surface area contributed by atoms with Gasteiger partial charge in [-0.3, -0.25) is 4.79 Å². The number of carbonyl (C=O) groups excluding carboxylic acids is 1. The molecule has 0 saturated carbocycles. The molecule has 0 spiro atoms. The molecule has 2 rings (SSSR count). The topological polar surface area (TPSA) is 64.9 Å². The molecule has 76 valence electrons. The zero-order valence-corrected chi connectivity index (χ0v) is 8.16. The number of carbonyl (C=O) groups is 1. The highest BCUT2D eigenvalue weighted by Gasteiger charge is 2.19. The molecular formula is C11H11N3O. The van der Waals surface area contributed by atoms with Gasteiger partial charge in [-0.15, -0.1) is 0 Å². The van der Waals surface area contributed by atoms with E-state index >= 15 is 0 Å². The predicted octanol–water partition coefficient (Wildman–Crippen LogP) is 0.260. The first kappa shape index (κ1) is 9.69. The molecular weight excluding hydrogens is 190 g/mol. The molecule has 4 nitrogen and oxygen atoms in total. The summed E-state index contributed by atoms with van der Waals surface area (Å²) in [6, 6.07) is 8.88. The summed E-state index contributed by atoms with van der Waals surface area (Å²) >= 11 is 0. The maximum Gasteiger partial charge on any atom is 0.251 e. The number of nitriles is 1. The maximum absolute atomic E-state index is 11.6. The van der Waals surface area contributed by atoms with Crippen molar-refractivity contribution in [2.45, 2.75) is 6.04 Å². The van der Waals surface area contributed by atoms with Crippen LogP contribution in [0, 0.1) is 11.3 Å². The van der Waals surface area contributed by atoms with Crippen LogP contribution in [0.2, 0.25) is 0 Å². The van der Waals surface area contributed by atoms with Crippen molar-refractivity contribution in [2.24, 2.45) is 0 Å². The van der Waals surface area contributed by atoms with E-state index in [0.717, 1.165) is 13.1 Å². The summed E-state index contributed by atoms with van der Waals surface area (Å²) in [5.74, 6) is -0.0778. The second kappa shape index (κ2) is 4.11. The van der Waals surface area contributed by atoms with Gasteiger partial charge in [0.25, 0.3) is 5.91 Å². The lowest BCUT2D eigenvalue weighted by Gasteiger charge is -2.27. The molecule has 0 unspecified atom stereocenters. The van der Waals surface area contributed by atoms with Crippen LogP contribution in [0.3, 0.4) is 0 Å². The average Bonchev–Trinajstić information content (AvgIpc) is 2.23. The number of nitrogens with zero attached hydrogens (tertiary/aromatic N) is 1. The number of amides is 1. The Morgan fingerprint density at radius 2 is 2.07 bits per heavy atom. The first-order valence-corrected chi connectivity index (χ1v) is 4.81. The molecule has 1 heterocycles. The Bertz CT molecular complexity index is 401. The van der Waals surface area contributed by atoms with E-state index in [1.807, 2.05) is 6.07 Å².